The molecule has 0 bridgehead atoms. The zero-order valence-corrected chi connectivity index (χ0v) is 12.0. The van der Waals surface area contributed by atoms with E-state index in [-0.39, 0.29) is 11.9 Å². The molecular weight excluding hydrogens is 245 g/mol. The van der Waals surface area contributed by atoms with Gasteiger partial charge in [0, 0.05) is 6.04 Å². The Balaban J connectivity index is 2.06. The Bertz CT molecular complexity index is 368. The van der Waals surface area contributed by atoms with Gasteiger partial charge < -0.3 is 5.32 Å². The van der Waals surface area contributed by atoms with Crippen molar-refractivity contribution in [3.63, 3.8) is 0 Å². The first-order valence-corrected chi connectivity index (χ1v) is 7.86. The van der Waals surface area contributed by atoms with E-state index in [4.69, 9.17) is 0 Å². The Morgan fingerprint density at radius 1 is 1.33 bits per heavy atom. The van der Waals surface area contributed by atoms with E-state index in [1.165, 1.54) is 24.3 Å². The summed E-state index contributed by atoms with van der Waals surface area (Å²) in [6.45, 7) is 1.95. The summed E-state index contributed by atoms with van der Waals surface area (Å²) in [5.74, 6) is 3.23. The second kappa shape index (κ2) is 6.58. The smallest absolute Gasteiger partial charge is 0.123 e. The summed E-state index contributed by atoms with van der Waals surface area (Å²) in [6, 6.07) is 5.65. The molecule has 0 saturated carbocycles. The van der Waals surface area contributed by atoms with E-state index < -0.39 is 0 Å². The van der Waals surface area contributed by atoms with Crippen molar-refractivity contribution < 1.29 is 4.39 Å². The highest BCUT2D eigenvalue weighted by Gasteiger charge is 2.19. The molecule has 1 heterocycles. The van der Waals surface area contributed by atoms with E-state index in [2.05, 4.69) is 23.1 Å². The van der Waals surface area contributed by atoms with Crippen LogP contribution in [0.4, 0.5) is 4.39 Å². The molecule has 0 aliphatic carbocycles. The maximum absolute atomic E-state index is 13.5. The molecule has 1 aromatic rings. The lowest BCUT2D eigenvalue weighted by Gasteiger charge is -2.26. The first-order valence-electron chi connectivity index (χ1n) is 6.71. The quantitative estimate of drug-likeness (QED) is 0.887. The summed E-state index contributed by atoms with van der Waals surface area (Å²) in [4.78, 5) is 0. The van der Waals surface area contributed by atoms with Crippen LogP contribution in [0.2, 0.25) is 0 Å². The fourth-order valence-corrected chi connectivity index (χ4v) is 3.91. The number of hydrogen-bond acceptors (Lipinski definition) is 2. The molecule has 0 radical (unpaired) electrons. The van der Waals surface area contributed by atoms with E-state index >= 15 is 0 Å². The Labute approximate surface area is 114 Å². The summed E-state index contributed by atoms with van der Waals surface area (Å²) in [6.07, 6.45) is 3.73. The van der Waals surface area contributed by atoms with Crippen LogP contribution >= 0.6 is 11.8 Å². The summed E-state index contributed by atoms with van der Waals surface area (Å²) in [5.41, 5.74) is 2.10. The predicted octanol–water partition coefficient (Wildman–Crippen LogP) is 3.93. The average molecular weight is 267 g/mol. The van der Waals surface area contributed by atoms with Crippen molar-refractivity contribution in [2.75, 3.05) is 18.6 Å². The van der Waals surface area contributed by atoms with Crippen molar-refractivity contribution in [2.45, 2.75) is 32.2 Å². The van der Waals surface area contributed by atoms with Gasteiger partial charge in [0.2, 0.25) is 0 Å². The van der Waals surface area contributed by atoms with Crippen LogP contribution in [0.25, 0.3) is 0 Å². The second-order valence-electron chi connectivity index (χ2n) is 5.19. The van der Waals surface area contributed by atoms with Crippen molar-refractivity contribution >= 4 is 11.8 Å². The van der Waals surface area contributed by atoms with Gasteiger partial charge in [-0.3, -0.25) is 0 Å². The molecule has 1 aromatic carbocycles. The second-order valence-corrected chi connectivity index (χ2v) is 6.42. The molecule has 1 unspecified atom stereocenters. The predicted molar refractivity (Wildman–Crippen MR) is 77.6 cm³/mol. The Kier molecular flexibility index (Phi) is 5.07. The number of aryl methyl sites for hydroxylation is 1. The molecule has 1 N–H and O–H groups in total. The number of halogens is 1. The Morgan fingerprint density at radius 3 is 2.67 bits per heavy atom. The number of hydrogen-bond donors (Lipinski definition) is 1. The lowest BCUT2D eigenvalue weighted by atomic mass is 9.90. The fourth-order valence-electron chi connectivity index (χ4n) is 2.70. The van der Waals surface area contributed by atoms with Gasteiger partial charge in [0.1, 0.15) is 5.82 Å². The van der Waals surface area contributed by atoms with Gasteiger partial charge in [-0.15, -0.1) is 0 Å². The van der Waals surface area contributed by atoms with Crippen LogP contribution in [0.15, 0.2) is 18.2 Å². The molecule has 1 aliphatic heterocycles. The summed E-state index contributed by atoms with van der Waals surface area (Å²) in [5, 5.41) is 3.35. The van der Waals surface area contributed by atoms with Crippen molar-refractivity contribution in [1.82, 2.24) is 5.32 Å². The maximum Gasteiger partial charge on any atom is 0.123 e. The third kappa shape index (κ3) is 3.72. The minimum absolute atomic E-state index is 0.121. The van der Waals surface area contributed by atoms with Crippen molar-refractivity contribution in [1.29, 1.82) is 0 Å². The van der Waals surface area contributed by atoms with Crippen LogP contribution in [0.5, 0.6) is 0 Å². The first-order chi connectivity index (χ1) is 8.69. The zero-order chi connectivity index (χ0) is 13.0. The first kappa shape index (κ1) is 13.9. The molecule has 1 atom stereocenters. The van der Waals surface area contributed by atoms with Gasteiger partial charge >= 0.3 is 0 Å². The lowest BCUT2D eigenvalue weighted by molar-refractivity contribution is 0.383. The molecule has 1 saturated heterocycles. The van der Waals surface area contributed by atoms with E-state index in [1.807, 2.05) is 14.0 Å². The highest BCUT2D eigenvalue weighted by molar-refractivity contribution is 7.99. The van der Waals surface area contributed by atoms with Crippen LogP contribution in [0.3, 0.4) is 0 Å². The largest absolute Gasteiger partial charge is 0.313 e. The Morgan fingerprint density at radius 2 is 2.06 bits per heavy atom. The van der Waals surface area contributed by atoms with Gasteiger partial charge in [-0.05, 0) is 73.9 Å². The monoisotopic (exact) mass is 267 g/mol. The standard InChI is InChI=1S/C15H22FNS/c1-11-7-13(10-14(16)8-11)15(17-2)9-12-3-5-18-6-4-12/h7-8,10,12,15,17H,3-6,9H2,1-2H3. The van der Waals surface area contributed by atoms with Crippen molar-refractivity contribution in [2.24, 2.45) is 5.92 Å². The molecule has 2 rings (SSSR count). The number of benzene rings is 1. The minimum atomic E-state index is -0.121. The Hall–Kier alpha value is -0.540. The van der Waals surface area contributed by atoms with E-state index in [9.17, 15) is 4.39 Å². The third-order valence-electron chi connectivity index (χ3n) is 3.73. The van der Waals surface area contributed by atoms with Gasteiger partial charge in [-0.1, -0.05) is 6.07 Å². The average Bonchev–Trinajstić information content (AvgIpc) is 2.36. The SMILES string of the molecule is CNC(CC1CCSCC1)c1cc(C)cc(F)c1. The highest BCUT2D eigenvalue weighted by atomic mass is 32.2. The summed E-state index contributed by atoms with van der Waals surface area (Å²) < 4.78 is 13.5. The topological polar surface area (TPSA) is 12.0 Å². The van der Waals surface area contributed by atoms with Crippen molar-refractivity contribution in [3.8, 4) is 0 Å². The van der Waals surface area contributed by atoms with Gasteiger partial charge in [0.05, 0.1) is 0 Å². The van der Waals surface area contributed by atoms with Gasteiger partial charge in [-0.25, -0.2) is 4.39 Å². The molecular formula is C15H22FNS. The number of rotatable bonds is 4. The zero-order valence-electron chi connectivity index (χ0n) is 11.2. The van der Waals surface area contributed by atoms with Crippen LogP contribution in [0.1, 0.15) is 36.4 Å². The molecule has 18 heavy (non-hydrogen) atoms. The lowest BCUT2D eigenvalue weighted by Crippen LogP contribution is -2.22. The van der Waals surface area contributed by atoms with Crippen LogP contribution in [-0.4, -0.2) is 18.6 Å². The van der Waals surface area contributed by atoms with Crippen LogP contribution in [-0.2, 0) is 0 Å². The molecule has 0 aromatic heterocycles. The van der Waals surface area contributed by atoms with Crippen molar-refractivity contribution in [3.05, 3.63) is 35.1 Å². The van der Waals surface area contributed by atoms with E-state index in [1.54, 1.807) is 12.1 Å². The summed E-state index contributed by atoms with van der Waals surface area (Å²) in [7, 11) is 1.97. The molecule has 1 fully saturated rings. The maximum atomic E-state index is 13.5. The van der Waals surface area contributed by atoms with Crippen LogP contribution < -0.4 is 5.32 Å². The normalized spacial score (nSPS) is 18.8. The molecule has 1 aliphatic rings. The van der Waals surface area contributed by atoms with Crippen LogP contribution in [0, 0.1) is 18.7 Å². The minimum Gasteiger partial charge on any atom is -0.313 e. The number of nitrogens with one attached hydrogen (secondary N) is 1. The molecule has 3 heteroatoms. The van der Waals surface area contributed by atoms with E-state index in [0.717, 1.165) is 23.5 Å². The highest BCUT2D eigenvalue weighted by Crippen LogP contribution is 2.31. The third-order valence-corrected chi connectivity index (χ3v) is 4.77. The van der Waals surface area contributed by atoms with E-state index in [0.29, 0.717) is 0 Å². The van der Waals surface area contributed by atoms with Gasteiger partial charge in [-0.2, -0.15) is 11.8 Å². The molecule has 100 valence electrons. The molecule has 0 amide bonds. The summed E-state index contributed by atoms with van der Waals surface area (Å²) >= 11 is 2.05. The number of thioether (sulfide) groups is 1. The molecule has 0 spiro atoms. The molecule has 1 nitrogen and oxygen atoms in total. The fraction of sp³-hybridized carbons (Fsp3) is 0.600. The van der Waals surface area contributed by atoms with Gasteiger partial charge in [0.25, 0.3) is 0 Å². The van der Waals surface area contributed by atoms with Gasteiger partial charge in [0.15, 0.2) is 0 Å².